The molecule has 29 heavy (non-hydrogen) atoms. The molecule has 0 radical (unpaired) electrons. The molecule has 1 N–H and O–H groups in total. The Morgan fingerprint density at radius 3 is 2.24 bits per heavy atom. The van der Waals surface area contributed by atoms with Gasteiger partial charge in [-0.15, -0.1) is 0 Å². The summed E-state index contributed by atoms with van der Waals surface area (Å²) in [5, 5.41) is 4.04. The maximum absolute atomic E-state index is 13.1. The standard InChI is InChI=1S/C23H26Cl2N2O2/c1-15(2)21(26-22(28)17-6-4-3-5-7-17)23(29)27-12-10-16(11-13-27)18-8-9-19(24)20(25)14-18/h3-9,14-16,21H,10-13H2,1-2H3,(H,26,28)/t21-/m1/s1. The van der Waals surface area contributed by atoms with Crippen LogP contribution in [0.1, 0.15) is 48.5 Å². The van der Waals surface area contributed by atoms with E-state index in [1.165, 1.54) is 0 Å². The highest BCUT2D eigenvalue weighted by atomic mass is 35.5. The third-order valence-electron chi connectivity index (χ3n) is 5.48. The fraction of sp³-hybridized carbons (Fsp3) is 0.391. The maximum atomic E-state index is 13.1. The van der Waals surface area contributed by atoms with E-state index in [1.54, 1.807) is 12.1 Å². The van der Waals surface area contributed by atoms with E-state index in [1.807, 2.05) is 55.1 Å². The number of halogens is 2. The Morgan fingerprint density at radius 2 is 1.66 bits per heavy atom. The van der Waals surface area contributed by atoms with E-state index in [9.17, 15) is 9.59 Å². The second-order valence-electron chi connectivity index (χ2n) is 7.83. The molecular weight excluding hydrogens is 407 g/mol. The van der Waals surface area contributed by atoms with Crippen molar-refractivity contribution in [1.82, 2.24) is 10.2 Å². The van der Waals surface area contributed by atoms with Crippen molar-refractivity contribution >= 4 is 35.0 Å². The molecule has 0 spiro atoms. The Hall–Kier alpha value is -2.04. The summed E-state index contributed by atoms with van der Waals surface area (Å²) in [5.41, 5.74) is 1.72. The van der Waals surface area contributed by atoms with Crippen molar-refractivity contribution in [2.24, 2.45) is 5.92 Å². The molecule has 2 amide bonds. The second-order valence-corrected chi connectivity index (χ2v) is 8.65. The molecule has 2 aromatic rings. The zero-order chi connectivity index (χ0) is 21.0. The van der Waals surface area contributed by atoms with Crippen molar-refractivity contribution in [2.45, 2.75) is 38.6 Å². The lowest BCUT2D eigenvalue weighted by Gasteiger charge is -2.35. The van der Waals surface area contributed by atoms with Crippen molar-refractivity contribution in [3.05, 3.63) is 69.7 Å². The molecule has 1 atom stereocenters. The predicted molar refractivity (Wildman–Crippen MR) is 118 cm³/mol. The van der Waals surface area contributed by atoms with E-state index in [-0.39, 0.29) is 17.7 Å². The van der Waals surface area contributed by atoms with Gasteiger partial charge in [-0.25, -0.2) is 0 Å². The van der Waals surface area contributed by atoms with E-state index in [2.05, 4.69) is 5.32 Å². The molecule has 1 aliphatic rings. The number of likely N-dealkylation sites (tertiary alicyclic amines) is 1. The summed E-state index contributed by atoms with van der Waals surface area (Å²) in [6, 6.07) is 14.2. The third-order valence-corrected chi connectivity index (χ3v) is 6.22. The largest absolute Gasteiger partial charge is 0.341 e. The molecule has 154 valence electrons. The van der Waals surface area contributed by atoms with E-state index >= 15 is 0 Å². The van der Waals surface area contributed by atoms with Gasteiger partial charge in [0.1, 0.15) is 6.04 Å². The molecule has 0 aliphatic carbocycles. The molecule has 1 saturated heterocycles. The first kappa shape index (κ1) is 21.7. The van der Waals surface area contributed by atoms with Crippen molar-refractivity contribution in [3.63, 3.8) is 0 Å². The van der Waals surface area contributed by atoms with Crippen molar-refractivity contribution in [2.75, 3.05) is 13.1 Å². The number of piperidine rings is 1. The minimum absolute atomic E-state index is 0.00274. The Kier molecular flexibility index (Phi) is 7.20. The molecule has 3 rings (SSSR count). The van der Waals surface area contributed by atoms with E-state index in [0.717, 1.165) is 18.4 Å². The summed E-state index contributed by atoms with van der Waals surface area (Å²) in [6.07, 6.45) is 1.72. The van der Waals surface area contributed by atoms with Crippen LogP contribution < -0.4 is 5.32 Å². The van der Waals surface area contributed by atoms with Crippen molar-refractivity contribution < 1.29 is 9.59 Å². The van der Waals surface area contributed by atoms with E-state index < -0.39 is 6.04 Å². The van der Waals surface area contributed by atoms with Crippen LogP contribution in [0.2, 0.25) is 10.0 Å². The van der Waals surface area contributed by atoms with Gasteiger partial charge in [0.15, 0.2) is 0 Å². The van der Waals surface area contributed by atoms with Crippen LogP contribution in [0.15, 0.2) is 48.5 Å². The van der Waals surface area contributed by atoms with Gasteiger partial charge in [0.05, 0.1) is 10.0 Å². The Balaban J connectivity index is 1.62. The molecule has 0 bridgehead atoms. The monoisotopic (exact) mass is 432 g/mol. The summed E-state index contributed by atoms with van der Waals surface area (Å²) < 4.78 is 0. The molecule has 0 aromatic heterocycles. The van der Waals surface area contributed by atoms with Gasteiger partial charge in [-0.3, -0.25) is 9.59 Å². The van der Waals surface area contributed by atoms with Crippen LogP contribution in [0, 0.1) is 5.92 Å². The molecule has 1 heterocycles. The normalized spacial score (nSPS) is 16.0. The van der Waals surface area contributed by atoms with Gasteiger partial charge in [-0.1, -0.05) is 61.3 Å². The third kappa shape index (κ3) is 5.31. The molecule has 1 fully saturated rings. The van der Waals surface area contributed by atoms with Gasteiger partial charge in [-0.05, 0) is 54.5 Å². The minimum atomic E-state index is -0.538. The van der Waals surface area contributed by atoms with Crippen LogP contribution in [-0.4, -0.2) is 35.8 Å². The average molecular weight is 433 g/mol. The first-order chi connectivity index (χ1) is 13.9. The van der Waals surface area contributed by atoms with Crippen LogP contribution in [0.3, 0.4) is 0 Å². The number of benzene rings is 2. The number of hydrogen-bond acceptors (Lipinski definition) is 2. The zero-order valence-electron chi connectivity index (χ0n) is 16.7. The molecule has 0 saturated carbocycles. The van der Waals surface area contributed by atoms with Crippen LogP contribution in [-0.2, 0) is 4.79 Å². The first-order valence-electron chi connectivity index (χ1n) is 9.96. The number of hydrogen-bond donors (Lipinski definition) is 1. The van der Waals surface area contributed by atoms with Gasteiger partial charge >= 0.3 is 0 Å². The lowest BCUT2D eigenvalue weighted by atomic mass is 9.89. The number of rotatable bonds is 5. The van der Waals surface area contributed by atoms with Crippen LogP contribution in [0.25, 0.3) is 0 Å². The molecule has 1 aliphatic heterocycles. The highest BCUT2D eigenvalue weighted by molar-refractivity contribution is 6.42. The molecule has 2 aromatic carbocycles. The van der Waals surface area contributed by atoms with Gasteiger partial charge < -0.3 is 10.2 Å². The molecule has 0 unspecified atom stereocenters. The second kappa shape index (κ2) is 9.64. The summed E-state index contributed by atoms with van der Waals surface area (Å²) >= 11 is 12.2. The lowest BCUT2D eigenvalue weighted by Crippen LogP contribution is -2.52. The number of carbonyl (C=O) groups excluding carboxylic acids is 2. The SMILES string of the molecule is CC(C)[C@@H](NC(=O)c1ccccc1)C(=O)N1CCC(c2ccc(Cl)c(Cl)c2)CC1. The minimum Gasteiger partial charge on any atom is -0.341 e. The molecule has 6 heteroatoms. The molecular formula is C23H26Cl2N2O2. The maximum Gasteiger partial charge on any atom is 0.251 e. The summed E-state index contributed by atoms with van der Waals surface area (Å²) in [4.78, 5) is 27.5. The number of amides is 2. The fourth-order valence-corrected chi connectivity index (χ4v) is 4.03. The van der Waals surface area contributed by atoms with Crippen molar-refractivity contribution in [3.8, 4) is 0 Å². The van der Waals surface area contributed by atoms with Crippen molar-refractivity contribution in [1.29, 1.82) is 0 Å². The van der Waals surface area contributed by atoms with E-state index in [0.29, 0.717) is 34.6 Å². The Morgan fingerprint density at radius 1 is 1.00 bits per heavy atom. The topological polar surface area (TPSA) is 49.4 Å². The van der Waals surface area contributed by atoms with Gasteiger partial charge in [0, 0.05) is 18.7 Å². The highest BCUT2D eigenvalue weighted by Crippen LogP contribution is 2.32. The average Bonchev–Trinajstić information content (AvgIpc) is 2.74. The highest BCUT2D eigenvalue weighted by Gasteiger charge is 2.31. The Labute approximate surface area is 182 Å². The van der Waals surface area contributed by atoms with Crippen LogP contribution in [0.4, 0.5) is 0 Å². The van der Waals surface area contributed by atoms with Gasteiger partial charge in [0.25, 0.3) is 5.91 Å². The molecule has 4 nitrogen and oxygen atoms in total. The number of nitrogens with one attached hydrogen (secondary N) is 1. The predicted octanol–water partition coefficient (Wildman–Crippen LogP) is 5.15. The number of carbonyl (C=O) groups is 2. The Bertz CT molecular complexity index is 862. The summed E-state index contributed by atoms with van der Waals surface area (Å²) in [5.74, 6) is 0.119. The summed E-state index contributed by atoms with van der Waals surface area (Å²) in [6.45, 7) is 5.23. The van der Waals surface area contributed by atoms with Crippen LogP contribution in [0.5, 0.6) is 0 Å². The van der Waals surface area contributed by atoms with Gasteiger partial charge in [-0.2, -0.15) is 0 Å². The smallest absolute Gasteiger partial charge is 0.251 e. The van der Waals surface area contributed by atoms with Gasteiger partial charge in [0.2, 0.25) is 5.91 Å². The lowest BCUT2D eigenvalue weighted by molar-refractivity contribution is -0.135. The number of nitrogens with zero attached hydrogens (tertiary/aromatic N) is 1. The fourth-order valence-electron chi connectivity index (χ4n) is 3.72. The zero-order valence-corrected chi connectivity index (χ0v) is 18.2. The van der Waals surface area contributed by atoms with E-state index in [4.69, 9.17) is 23.2 Å². The first-order valence-corrected chi connectivity index (χ1v) is 10.7. The van der Waals surface area contributed by atoms with Crippen LogP contribution >= 0.6 is 23.2 Å². The summed E-state index contributed by atoms with van der Waals surface area (Å²) in [7, 11) is 0. The quantitative estimate of drug-likeness (QED) is 0.709.